The minimum atomic E-state index is -0.184. The minimum Gasteiger partial charge on any atom is -0.379 e. The third kappa shape index (κ3) is 4.62. The van der Waals surface area contributed by atoms with Gasteiger partial charge in [-0.05, 0) is 17.7 Å². The third-order valence-electron chi connectivity index (χ3n) is 4.43. The summed E-state index contributed by atoms with van der Waals surface area (Å²) in [6.07, 6.45) is 5.25. The second-order valence-electron chi connectivity index (χ2n) is 6.62. The number of carbonyl (C=O) groups is 1. The van der Waals surface area contributed by atoms with Crippen molar-refractivity contribution < 1.29 is 9.53 Å². The van der Waals surface area contributed by atoms with Crippen LogP contribution in [0.1, 0.15) is 47.7 Å². The number of aromatic nitrogens is 3. The molecule has 0 radical (unpaired) electrons. The van der Waals surface area contributed by atoms with E-state index in [1.54, 1.807) is 18.5 Å². The monoisotopic (exact) mass is 355 g/mol. The Morgan fingerprint density at radius 2 is 2.08 bits per heavy atom. The van der Waals surface area contributed by atoms with Gasteiger partial charge in [0.05, 0.1) is 19.3 Å². The molecule has 0 aromatic carbocycles. The Morgan fingerprint density at radius 3 is 2.77 bits per heavy atom. The maximum atomic E-state index is 12.6. The molecular formula is C19H25N5O2. The Kier molecular flexibility index (Phi) is 6.25. The van der Waals surface area contributed by atoms with E-state index in [4.69, 9.17) is 4.74 Å². The summed E-state index contributed by atoms with van der Waals surface area (Å²) in [5.74, 6) is 0.672. The summed E-state index contributed by atoms with van der Waals surface area (Å²) in [5.41, 5.74) is 1.48. The predicted octanol–water partition coefficient (Wildman–Crippen LogP) is 1.80. The van der Waals surface area contributed by atoms with Gasteiger partial charge in [-0.15, -0.1) is 0 Å². The molecule has 1 N–H and O–H groups in total. The van der Waals surface area contributed by atoms with Crippen LogP contribution in [-0.4, -0.2) is 58.6 Å². The zero-order valence-corrected chi connectivity index (χ0v) is 15.3. The molecule has 1 amide bonds. The zero-order valence-electron chi connectivity index (χ0n) is 15.3. The van der Waals surface area contributed by atoms with E-state index in [1.165, 1.54) is 0 Å². The molecule has 0 aliphatic carbocycles. The van der Waals surface area contributed by atoms with Crippen LogP contribution in [0.25, 0.3) is 0 Å². The van der Waals surface area contributed by atoms with Crippen molar-refractivity contribution in [3.05, 3.63) is 53.9 Å². The first-order valence-electron chi connectivity index (χ1n) is 8.98. The Labute approximate surface area is 153 Å². The van der Waals surface area contributed by atoms with Crippen LogP contribution >= 0.6 is 0 Å². The second-order valence-corrected chi connectivity index (χ2v) is 6.62. The summed E-state index contributed by atoms with van der Waals surface area (Å²) in [7, 11) is 0. The molecule has 0 bridgehead atoms. The van der Waals surface area contributed by atoms with Gasteiger partial charge in [-0.3, -0.25) is 14.7 Å². The van der Waals surface area contributed by atoms with Gasteiger partial charge in [0, 0.05) is 44.1 Å². The summed E-state index contributed by atoms with van der Waals surface area (Å²) in [4.78, 5) is 27.7. The van der Waals surface area contributed by atoms with Gasteiger partial charge >= 0.3 is 0 Å². The lowest BCUT2D eigenvalue weighted by molar-refractivity contribution is 0.0161. The third-order valence-corrected chi connectivity index (χ3v) is 4.43. The molecule has 1 fully saturated rings. The number of amides is 1. The summed E-state index contributed by atoms with van der Waals surface area (Å²) in [5, 5.41) is 3.02. The van der Waals surface area contributed by atoms with E-state index in [1.807, 2.05) is 32.2 Å². The Morgan fingerprint density at radius 1 is 1.27 bits per heavy atom. The van der Waals surface area contributed by atoms with E-state index in [0.717, 1.165) is 18.7 Å². The highest BCUT2D eigenvalue weighted by atomic mass is 16.5. The second kappa shape index (κ2) is 8.82. The molecule has 2 aromatic rings. The molecule has 138 valence electrons. The molecule has 0 spiro atoms. The van der Waals surface area contributed by atoms with Crippen molar-refractivity contribution in [2.24, 2.45) is 0 Å². The number of hydrogen-bond acceptors (Lipinski definition) is 6. The average molecular weight is 355 g/mol. The molecule has 26 heavy (non-hydrogen) atoms. The molecule has 7 nitrogen and oxygen atoms in total. The smallest absolute Gasteiger partial charge is 0.270 e. The van der Waals surface area contributed by atoms with Crippen molar-refractivity contribution in [1.29, 1.82) is 0 Å². The highest BCUT2D eigenvalue weighted by molar-refractivity contribution is 5.92. The van der Waals surface area contributed by atoms with Crippen molar-refractivity contribution >= 4 is 5.91 Å². The SMILES string of the molecule is CC(C)c1nccc(C(=O)NC[C@H](c2cccnc2)N2CCOCC2)n1. The maximum Gasteiger partial charge on any atom is 0.270 e. The molecule has 0 saturated carbocycles. The fourth-order valence-electron chi connectivity index (χ4n) is 2.98. The summed E-state index contributed by atoms with van der Waals surface area (Å²) in [6, 6.07) is 5.67. The minimum absolute atomic E-state index is 0.0583. The normalized spacial score (nSPS) is 16.4. The van der Waals surface area contributed by atoms with Crippen molar-refractivity contribution in [3.8, 4) is 0 Å². The Balaban J connectivity index is 1.71. The summed E-state index contributed by atoms with van der Waals surface area (Å²) >= 11 is 0. The van der Waals surface area contributed by atoms with Gasteiger partial charge in [0.1, 0.15) is 11.5 Å². The average Bonchev–Trinajstić information content (AvgIpc) is 2.69. The molecule has 3 heterocycles. The van der Waals surface area contributed by atoms with Crippen LogP contribution in [0, 0.1) is 0 Å². The van der Waals surface area contributed by atoms with Crippen LogP contribution in [0.5, 0.6) is 0 Å². The van der Waals surface area contributed by atoms with Gasteiger partial charge in [0.2, 0.25) is 0 Å². The lowest BCUT2D eigenvalue weighted by Gasteiger charge is -2.34. The zero-order chi connectivity index (χ0) is 18.4. The number of ether oxygens (including phenoxy) is 1. The lowest BCUT2D eigenvalue weighted by Crippen LogP contribution is -2.44. The first-order valence-corrected chi connectivity index (χ1v) is 8.98. The van der Waals surface area contributed by atoms with Gasteiger partial charge < -0.3 is 10.1 Å². The van der Waals surface area contributed by atoms with Crippen LogP contribution in [0.3, 0.4) is 0 Å². The number of pyridine rings is 1. The molecule has 1 aliphatic heterocycles. The molecule has 0 unspecified atom stereocenters. The van der Waals surface area contributed by atoms with Crippen molar-refractivity contribution in [2.45, 2.75) is 25.8 Å². The number of morpholine rings is 1. The van der Waals surface area contributed by atoms with E-state index < -0.39 is 0 Å². The highest BCUT2D eigenvalue weighted by Gasteiger charge is 2.23. The summed E-state index contributed by atoms with van der Waals surface area (Å²) in [6.45, 7) is 7.58. The predicted molar refractivity (Wildman–Crippen MR) is 97.8 cm³/mol. The van der Waals surface area contributed by atoms with E-state index in [0.29, 0.717) is 31.3 Å². The van der Waals surface area contributed by atoms with Crippen molar-refractivity contribution in [1.82, 2.24) is 25.2 Å². The lowest BCUT2D eigenvalue weighted by atomic mass is 10.1. The van der Waals surface area contributed by atoms with Gasteiger partial charge in [-0.25, -0.2) is 9.97 Å². The molecular weight excluding hydrogens is 330 g/mol. The Hall–Kier alpha value is -2.38. The van der Waals surface area contributed by atoms with E-state index in [2.05, 4.69) is 25.2 Å². The van der Waals surface area contributed by atoms with Crippen molar-refractivity contribution in [2.75, 3.05) is 32.8 Å². The van der Waals surface area contributed by atoms with Crippen LogP contribution in [0.2, 0.25) is 0 Å². The molecule has 1 saturated heterocycles. The maximum absolute atomic E-state index is 12.6. The van der Waals surface area contributed by atoms with E-state index >= 15 is 0 Å². The summed E-state index contributed by atoms with van der Waals surface area (Å²) < 4.78 is 5.45. The van der Waals surface area contributed by atoms with E-state index in [-0.39, 0.29) is 17.9 Å². The molecule has 3 rings (SSSR count). The molecule has 1 atom stereocenters. The highest BCUT2D eigenvalue weighted by Crippen LogP contribution is 2.20. The molecule has 2 aromatic heterocycles. The van der Waals surface area contributed by atoms with Crippen LogP contribution < -0.4 is 5.32 Å². The number of hydrogen-bond donors (Lipinski definition) is 1. The van der Waals surface area contributed by atoms with Crippen LogP contribution in [-0.2, 0) is 4.74 Å². The Bertz CT molecular complexity index is 717. The number of carbonyl (C=O) groups excluding carboxylic acids is 1. The number of nitrogens with zero attached hydrogens (tertiary/aromatic N) is 4. The van der Waals surface area contributed by atoms with Gasteiger partial charge in [0.15, 0.2) is 0 Å². The van der Waals surface area contributed by atoms with Gasteiger partial charge in [-0.2, -0.15) is 0 Å². The largest absolute Gasteiger partial charge is 0.379 e. The van der Waals surface area contributed by atoms with E-state index in [9.17, 15) is 4.79 Å². The number of nitrogens with one attached hydrogen (secondary N) is 1. The number of rotatable bonds is 6. The standard InChI is InChI=1S/C19H25N5O2/c1-14(2)18-21-7-5-16(23-18)19(25)22-13-17(15-4-3-6-20-12-15)24-8-10-26-11-9-24/h3-7,12,14,17H,8-11,13H2,1-2H3,(H,22,25)/t17-/m1/s1. The quantitative estimate of drug-likeness (QED) is 0.851. The van der Waals surface area contributed by atoms with Crippen molar-refractivity contribution in [3.63, 3.8) is 0 Å². The van der Waals surface area contributed by atoms with Crippen LogP contribution in [0.4, 0.5) is 0 Å². The van der Waals surface area contributed by atoms with Crippen LogP contribution in [0.15, 0.2) is 36.8 Å². The molecule has 7 heteroatoms. The van der Waals surface area contributed by atoms with Gasteiger partial charge in [-0.1, -0.05) is 19.9 Å². The topological polar surface area (TPSA) is 80.2 Å². The first-order chi connectivity index (χ1) is 12.6. The van der Waals surface area contributed by atoms with Gasteiger partial charge in [0.25, 0.3) is 5.91 Å². The molecule has 1 aliphatic rings. The fraction of sp³-hybridized carbons (Fsp3) is 0.474. The first kappa shape index (κ1) is 18.4. The fourth-order valence-corrected chi connectivity index (χ4v) is 2.98.